The second kappa shape index (κ2) is 21.1. The van der Waals surface area contributed by atoms with Crippen LogP contribution < -0.4 is 10.7 Å². The lowest BCUT2D eigenvalue weighted by molar-refractivity contribution is -0.148. The topological polar surface area (TPSA) is 194 Å². The number of rotatable bonds is 10. The van der Waals surface area contributed by atoms with E-state index in [1.807, 2.05) is 13.8 Å². The van der Waals surface area contributed by atoms with Crippen molar-refractivity contribution < 1.29 is 55.8 Å². The Kier molecular flexibility index (Phi) is 15.4. The molecule has 0 aliphatic carbocycles. The minimum Gasteiger partial charge on any atom is -0.444 e. The zero-order chi connectivity index (χ0) is 52.7. The average molecular weight is 1030 g/mol. The van der Waals surface area contributed by atoms with E-state index in [-0.39, 0.29) is 84.9 Å². The maximum absolute atomic E-state index is 14.9. The molecular weight excluding hydrogens is 968 g/mol. The summed E-state index contributed by atoms with van der Waals surface area (Å²) < 4.78 is 69.7. The van der Waals surface area contributed by atoms with Crippen LogP contribution in [0.4, 0.5) is 18.0 Å². The van der Waals surface area contributed by atoms with Crippen molar-refractivity contribution in [2.45, 2.75) is 109 Å². The van der Waals surface area contributed by atoms with Crippen LogP contribution in [0, 0.1) is 11.3 Å². The van der Waals surface area contributed by atoms with Gasteiger partial charge in [0.15, 0.2) is 0 Å². The molecule has 0 spiro atoms. The van der Waals surface area contributed by atoms with Crippen molar-refractivity contribution in [2.75, 3.05) is 60.2 Å². The first-order valence-corrected chi connectivity index (χ1v) is 25.7. The third kappa shape index (κ3) is 11.0. The predicted octanol–water partition coefficient (Wildman–Crippen LogP) is 4.19. The summed E-state index contributed by atoms with van der Waals surface area (Å²) in [5.41, 5.74) is 4.10. The molecule has 4 aliphatic heterocycles. The average Bonchev–Trinajstić information content (AvgIpc) is 4.08. The number of morpholine rings is 1. The number of fused-ring (bicyclic) bond motifs is 7. The van der Waals surface area contributed by atoms with E-state index in [2.05, 4.69) is 22.3 Å². The van der Waals surface area contributed by atoms with Crippen LogP contribution in [0.15, 0.2) is 59.9 Å². The Morgan fingerprint density at radius 3 is 2.59 bits per heavy atom. The molecule has 6 atom stereocenters. The van der Waals surface area contributed by atoms with E-state index < -0.39 is 71.7 Å². The SMILES string of the molecule is C=CC(=O)N1CCO[C@H]2CN(C(=O)N(C)[C@H](C(=O)N[C@H]3Cc4coc(n4)-c4ccc5c(c4)c(c(-c4cccnc4[C@H](C)OC)n5CC(F)(F)F)CC(C)(C)COC[C@]4(C(=O)[SiH3])CCCN(N4)C3=O)C(C)C)CC21. The number of halogens is 3. The summed E-state index contributed by atoms with van der Waals surface area (Å²) in [6, 6.07) is 5.22. The maximum Gasteiger partial charge on any atom is 0.406 e. The van der Waals surface area contributed by atoms with E-state index >= 15 is 0 Å². The number of carbonyl (C=O) groups excluding carboxylic acids is 5. The molecule has 73 heavy (non-hydrogen) atoms. The Bertz CT molecular complexity index is 2760. The highest BCUT2D eigenvalue weighted by molar-refractivity contribution is 6.60. The summed E-state index contributed by atoms with van der Waals surface area (Å²) in [5, 5.41) is 4.66. The van der Waals surface area contributed by atoms with Gasteiger partial charge in [0.05, 0.1) is 71.9 Å². The maximum atomic E-state index is 14.9. The number of pyridine rings is 1. The summed E-state index contributed by atoms with van der Waals surface area (Å²) in [7, 11) is 3.15. The van der Waals surface area contributed by atoms with Gasteiger partial charge in [0.25, 0.3) is 5.91 Å². The number of urea groups is 1. The van der Waals surface area contributed by atoms with E-state index in [0.29, 0.717) is 65.0 Å². The first-order valence-electron chi connectivity index (χ1n) is 24.7. The van der Waals surface area contributed by atoms with Crippen molar-refractivity contribution in [3.05, 3.63) is 72.4 Å². The van der Waals surface area contributed by atoms with Crippen molar-refractivity contribution >= 4 is 50.3 Å². The molecule has 394 valence electrons. The van der Waals surface area contributed by atoms with Crippen LogP contribution >= 0.6 is 0 Å². The number of hydrazine groups is 1. The third-order valence-corrected chi connectivity index (χ3v) is 15.5. The molecule has 7 heterocycles. The number of benzene rings is 1. The van der Waals surface area contributed by atoms with Crippen LogP contribution in [0.1, 0.15) is 70.5 Å². The van der Waals surface area contributed by atoms with Gasteiger partial charge in [0, 0.05) is 68.4 Å². The number of amides is 5. The number of nitrogens with one attached hydrogen (secondary N) is 2. The molecule has 18 nitrogen and oxygen atoms in total. The second-order valence-electron chi connectivity index (χ2n) is 20.9. The smallest absolute Gasteiger partial charge is 0.406 e. The van der Waals surface area contributed by atoms with Crippen LogP contribution in [0.25, 0.3) is 33.6 Å². The van der Waals surface area contributed by atoms with Crippen LogP contribution in [-0.2, 0) is 52.8 Å². The molecule has 22 heteroatoms. The highest BCUT2D eigenvalue weighted by Gasteiger charge is 2.47. The number of oxazole rings is 1. The Morgan fingerprint density at radius 2 is 1.89 bits per heavy atom. The zero-order valence-corrected chi connectivity index (χ0v) is 44.7. The molecule has 2 N–H and O–H groups in total. The van der Waals surface area contributed by atoms with Crippen molar-refractivity contribution in [2.24, 2.45) is 11.3 Å². The lowest BCUT2D eigenvalue weighted by atomic mass is 9.84. The highest BCUT2D eigenvalue weighted by atomic mass is 28.1. The van der Waals surface area contributed by atoms with Gasteiger partial charge >= 0.3 is 12.2 Å². The van der Waals surface area contributed by atoms with Gasteiger partial charge in [-0.25, -0.2) is 15.2 Å². The largest absolute Gasteiger partial charge is 0.444 e. The van der Waals surface area contributed by atoms with Crippen LogP contribution in [-0.4, -0.2) is 170 Å². The standard InChI is InChI=1S/C51H66F3N9O9Si/c1-9-40(64)61-18-19-71-39-24-60(23-38(39)61)48(68)59(7)42(29(2)3)44(65)57-36-21-32-25-72-45(56-32)31-13-14-37-34(20-31)35(43(62(37)26-51(52,53)54)33-12-10-16-55-41(33)30(4)69-8)22-49(5,6)27-70-28-50(47(67)73)15-11-17-63(58-50)46(36)66/h9-10,12-14,16,20,25,29-30,36,38-39,42,58H,1,11,15,17-19,21-24,26-28H2,2-8,73H3,(H,57,65)/t30-,36-,38?,39-,42-,50-/m0/s1. The van der Waals surface area contributed by atoms with Crippen molar-refractivity contribution in [1.29, 1.82) is 0 Å². The quantitative estimate of drug-likeness (QED) is 0.170. The summed E-state index contributed by atoms with van der Waals surface area (Å²) >= 11 is 0. The van der Waals surface area contributed by atoms with Gasteiger partial charge in [-0.15, -0.1) is 0 Å². The molecule has 1 unspecified atom stereocenters. The van der Waals surface area contributed by atoms with E-state index in [1.165, 1.54) is 41.0 Å². The third-order valence-electron chi connectivity index (χ3n) is 14.6. The van der Waals surface area contributed by atoms with Crippen molar-refractivity contribution in [3.8, 4) is 22.7 Å². The van der Waals surface area contributed by atoms with E-state index in [4.69, 9.17) is 23.6 Å². The van der Waals surface area contributed by atoms with Gasteiger partial charge in [-0.2, -0.15) is 13.2 Å². The number of hydrogen-bond acceptors (Lipinski definition) is 12. The van der Waals surface area contributed by atoms with Crippen LogP contribution in [0.5, 0.6) is 0 Å². The number of hydrogen-bond donors (Lipinski definition) is 2. The molecule has 3 saturated heterocycles. The van der Waals surface area contributed by atoms with Gasteiger partial charge in [-0.1, -0.05) is 34.3 Å². The molecular formula is C51H66F3N9O9Si. The summed E-state index contributed by atoms with van der Waals surface area (Å²) in [6.45, 7) is 12.8. The second-order valence-corrected chi connectivity index (χ2v) is 21.8. The van der Waals surface area contributed by atoms with Crippen molar-refractivity contribution in [1.82, 2.24) is 45.0 Å². The highest BCUT2D eigenvalue weighted by Crippen LogP contribution is 2.43. The summed E-state index contributed by atoms with van der Waals surface area (Å²) in [4.78, 5) is 84.3. The predicted molar refractivity (Wildman–Crippen MR) is 267 cm³/mol. The van der Waals surface area contributed by atoms with Crippen LogP contribution in [0.2, 0.25) is 0 Å². The summed E-state index contributed by atoms with van der Waals surface area (Å²) in [5.74, 6) is -1.75. The number of ether oxygens (including phenoxy) is 3. The molecule has 3 aromatic heterocycles. The molecule has 8 rings (SSSR count). The molecule has 4 aliphatic rings. The lowest BCUT2D eigenvalue weighted by Gasteiger charge is -2.43. The molecule has 3 fully saturated rings. The number of likely N-dealkylation sites (N-methyl/N-ethyl adjacent to an activating group) is 1. The minimum atomic E-state index is -4.61. The zero-order valence-electron chi connectivity index (χ0n) is 42.7. The number of carbonyl (C=O) groups is 5. The Balaban J connectivity index is 1.18. The molecule has 5 amide bonds. The van der Waals surface area contributed by atoms with Gasteiger partial charge < -0.3 is 48.0 Å². The van der Waals surface area contributed by atoms with Gasteiger partial charge in [-0.05, 0) is 79.5 Å². The molecule has 6 bridgehead atoms. The number of aromatic nitrogens is 3. The first-order chi connectivity index (χ1) is 34.5. The Morgan fingerprint density at radius 1 is 1.12 bits per heavy atom. The summed E-state index contributed by atoms with van der Waals surface area (Å²) in [6.07, 6.45) is -0.570. The number of alkyl halides is 3. The van der Waals surface area contributed by atoms with Crippen LogP contribution in [0.3, 0.4) is 0 Å². The van der Waals surface area contributed by atoms with Gasteiger partial charge in [0.2, 0.25) is 17.7 Å². The fraction of sp³-hybridized carbons (Fsp3) is 0.549. The van der Waals surface area contributed by atoms with Gasteiger partial charge in [-0.3, -0.25) is 24.4 Å². The molecule has 4 aromatic rings. The first kappa shape index (κ1) is 53.4. The Labute approximate surface area is 425 Å². The fourth-order valence-corrected chi connectivity index (χ4v) is 11.4. The Hall–Kier alpha value is -5.94. The number of nitrogens with zero attached hydrogens (tertiary/aromatic N) is 7. The van der Waals surface area contributed by atoms with E-state index in [0.717, 1.165) is 0 Å². The lowest BCUT2D eigenvalue weighted by Crippen LogP contribution is -2.68. The minimum absolute atomic E-state index is 0.0836. The molecule has 1 aromatic carbocycles. The van der Waals surface area contributed by atoms with E-state index in [1.54, 1.807) is 67.1 Å². The normalized spacial score (nSPS) is 23.5. The number of methoxy groups -OCH3 is 1. The monoisotopic (exact) mass is 1030 g/mol. The number of likely N-dealkylation sites (tertiary alicyclic amines) is 1. The molecule has 0 radical (unpaired) electrons. The van der Waals surface area contributed by atoms with Crippen molar-refractivity contribution in [3.63, 3.8) is 0 Å². The van der Waals surface area contributed by atoms with Gasteiger partial charge in [0.1, 0.15) is 35.8 Å². The molecule has 0 saturated carbocycles. The van der Waals surface area contributed by atoms with E-state index in [9.17, 15) is 37.1 Å². The fourth-order valence-electron chi connectivity index (χ4n) is 10.9.